The zero-order valence-electron chi connectivity index (χ0n) is 9.67. The van der Waals surface area contributed by atoms with E-state index in [1.54, 1.807) is 7.11 Å². The quantitative estimate of drug-likeness (QED) is 0.858. The molecule has 0 spiro atoms. The second-order valence-electron chi connectivity index (χ2n) is 4.79. The minimum Gasteiger partial charge on any atom is -0.497 e. The van der Waals surface area contributed by atoms with Crippen LogP contribution in [0.4, 0.5) is 5.69 Å². The van der Waals surface area contributed by atoms with Crippen LogP contribution in [0.25, 0.3) is 0 Å². The maximum atomic E-state index is 10.9. The molecule has 1 N–H and O–H groups in total. The minimum atomic E-state index is -0.630. The number of benzene rings is 1. The fourth-order valence-corrected chi connectivity index (χ4v) is 2.90. The predicted molar refractivity (Wildman–Crippen MR) is 63.3 cm³/mol. The average molecular weight is 233 g/mol. The van der Waals surface area contributed by atoms with Gasteiger partial charge in [-0.15, -0.1) is 0 Å². The van der Waals surface area contributed by atoms with Gasteiger partial charge in [0.05, 0.1) is 13.0 Å². The molecule has 2 fully saturated rings. The Bertz CT molecular complexity index is 430. The van der Waals surface area contributed by atoms with Crippen molar-refractivity contribution in [2.45, 2.75) is 0 Å². The molecule has 1 aliphatic heterocycles. The molecule has 1 aromatic carbocycles. The van der Waals surface area contributed by atoms with E-state index >= 15 is 0 Å². The molecule has 0 radical (unpaired) electrons. The molecule has 2 unspecified atom stereocenters. The molecule has 3 rings (SSSR count). The smallest absolute Gasteiger partial charge is 0.307 e. The fraction of sp³-hybridized carbons (Fsp3) is 0.462. The molecule has 1 saturated carbocycles. The number of rotatable bonds is 3. The number of ether oxygens (including phenoxy) is 1. The van der Waals surface area contributed by atoms with Gasteiger partial charge in [-0.2, -0.15) is 0 Å². The van der Waals surface area contributed by atoms with Gasteiger partial charge >= 0.3 is 5.97 Å². The number of aliphatic carboxylic acids is 1. The van der Waals surface area contributed by atoms with E-state index in [4.69, 9.17) is 9.84 Å². The molecule has 2 aliphatic rings. The van der Waals surface area contributed by atoms with E-state index in [-0.39, 0.29) is 5.92 Å². The van der Waals surface area contributed by atoms with Crippen molar-refractivity contribution in [1.82, 2.24) is 0 Å². The highest BCUT2D eigenvalue weighted by Gasteiger charge is 2.59. The standard InChI is InChI=1S/C13H15NO3/c1-17-9-4-2-8(3-5-9)14-6-10-11(7-14)12(10)13(15)16/h2-5,10-12H,6-7H2,1H3,(H,15,16). The van der Waals surface area contributed by atoms with Crippen LogP contribution in [-0.2, 0) is 4.79 Å². The third-order valence-corrected chi connectivity index (χ3v) is 3.92. The van der Waals surface area contributed by atoms with Crippen molar-refractivity contribution in [3.8, 4) is 5.75 Å². The largest absolute Gasteiger partial charge is 0.497 e. The molecule has 2 atom stereocenters. The Morgan fingerprint density at radius 2 is 1.88 bits per heavy atom. The molecular weight excluding hydrogens is 218 g/mol. The molecule has 90 valence electrons. The Balaban J connectivity index is 1.67. The van der Waals surface area contributed by atoms with Gasteiger partial charge in [-0.1, -0.05) is 0 Å². The zero-order chi connectivity index (χ0) is 12.0. The first-order valence-corrected chi connectivity index (χ1v) is 5.82. The first kappa shape index (κ1) is 10.4. The Labute approximate surface area is 99.8 Å². The number of carboxylic acid groups (broad SMARTS) is 1. The van der Waals surface area contributed by atoms with Crippen LogP contribution in [0.5, 0.6) is 5.75 Å². The van der Waals surface area contributed by atoms with Crippen LogP contribution >= 0.6 is 0 Å². The third-order valence-electron chi connectivity index (χ3n) is 3.92. The van der Waals surface area contributed by atoms with Crippen molar-refractivity contribution >= 4 is 11.7 Å². The van der Waals surface area contributed by atoms with Gasteiger partial charge in [0.1, 0.15) is 5.75 Å². The van der Waals surface area contributed by atoms with Gasteiger partial charge in [0.2, 0.25) is 0 Å². The molecular formula is C13H15NO3. The summed E-state index contributed by atoms with van der Waals surface area (Å²) in [6.45, 7) is 1.74. The Hall–Kier alpha value is -1.71. The summed E-state index contributed by atoms with van der Waals surface area (Å²) in [6.07, 6.45) is 0. The van der Waals surface area contributed by atoms with Crippen molar-refractivity contribution in [2.24, 2.45) is 17.8 Å². The lowest BCUT2D eigenvalue weighted by atomic mass is 10.2. The van der Waals surface area contributed by atoms with E-state index in [2.05, 4.69) is 4.90 Å². The Kier molecular flexibility index (Phi) is 2.24. The maximum Gasteiger partial charge on any atom is 0.307 e. The number of carbonyl (C=O) groups is 1. The second kappa shape index (κ2) is 3.65. The summed E-state index contributed by atoms with van der Waals surface area (Å²) < 4.78 is 5.11. The Morgan fingerprint density at radius 3 is 2.35 bits per heavy atom. The number of hydrogen-bond acceptors (Lipinski definition) is 3. The van der Waals surface area contributed by atoms with Gasteiger partial charge in [-0.25, -0.2) is 0 Å². The van der Waals surface area contributed by atoms with E-state index in [9.17, 15) is 4.79 Å². The molecule has 0 bridgehead atoms. The normalized spacial score (nSPS) is 29.9. The van der Waals surface area contributed by atoms with E-state index in [0.29, 0.717) is 11.8 Å². The van der Waals surface area contributed by atoms with Crippen LogP contribution in [0.3, 0.4) is 0 Å². The molecule has 4 nitrogen and oxygen atoms in total. The zero-order valence-corrected chi connectivity index (χ0v) is 9.67. The number of hydrogen-bond donors (Lipinski definition) is 1. The van der Waals surface area contributed by atoms with Crippen LogP contribution in [0, 0.1) is 17.8 Å². The lowest BCUT2D eigenvalue weighted by molar-refractivity contribution is -0.139. The molecule has 1 heterocycles. The second-order valence-corrected chi connectivity index (χ2v) is 4.79. The maximum absolute atomic E-state index is 10.9. The van der Waals surface area contributed by atoms with Crippen LogP contribution in [0.2, 0.25) is 0 Å². The number of carboxylic acids is 1. The molecule has 1 saturated heterocycles. The van der Waals surface area contributed by atoms with E-state index in [0.717, 1.165) is 24.5 Å². The van der Waals surface area contributed by atoms with Gasteiger partial charge in [-0.05, 0) is 36.1 Å². The number of nitrogens with zero attached hydrogens (tertiary/aromatic N) is 1. The first-order chi connectivity index (χ1) is 8.20. The highest BCUT2D eigenvalue weighted by atomic mass is 16.5. The lowest BCUT2D eigenvalue weighted by Gasteiger charge is -2.21. The summed E-state index contributed by atoms with van der Waals surface area (Å²) in [6, 6.07) is 7.93. The highest BCUT2D eigenvalue weighted by molar-refractivity contribution is 5.75. The van der Waals surface area contributed by atoms with Crippen LogP contribution in [0.15, 0.2) is 24.3 Å². The summed E-state index contributed by atoms with van der Waals surface area (Å²) >= 11 is 0. The van der Waals surface area contributed by atoms with E-state index in [1.165, 1.54) is 0 Å². The van der Waals surface area contributed by atoms with Crippen LogP contribution in [-0.4, -0.2) is 31.3 Å². The fourth-order valence-electron chi connectivity index (χ4n) is 2.90. The van der Waals surface area contributed by atoms with Gasteiger partial charge in [0, 0.05) is 18.8 Å². The molecule has 17 heavy (non-hydrogen) atoms. The van der Waals surface area contributed by atoms with Crippen molar-refractivity contribution < 1.29 is 14.6 Å². The topological polar surface area (TPSA) is 49.8 Å². The van der Waals surface area contributed by atoms with Gasteiger partial charge < -0.3 is 14.7 Å². The van der Waals surface area contributed by atoms with Gasteiger partial charge in [0.25, 0.3) is 0 Å². The predicted octanol–water partition coefficient (Wildman–Crippen LogP) is 1.46. The average Bonchev–Trinajstić information content (AvgIpc) is 2.86. The molecule has 0 aromatic heterocycles. The summed E-state index contributed by atoms with van der Waals surface area (Å²) in [5.74, 6) is 0.838. The van der Waals surface area contributed by atoms with Crippen molar-refractivity contribution in [2.75, 3.05) is 25.1 Å². The Morgan fingerprint density at radius 1 is 1.29 bits per heavy atom. The number of piperidine rings is 1. The molecule has 0 amide bonds. The number of methoxy groups -OCH3 is 1. The lowest BCUT2D eigenvalue weighted by Crippen LogP contribution is -2.25. The summed E-state index contributed by atoms with van der Waals surface area (Å²) in [5, 5.41) is 8.95. The van der Waals surface area contributed by atoms with Crippen LogP contribution in [0.1, 0.15) is 0 Å². The van der Waals surface area contributed by atoms with Crippen molar-refractivity contribution in [3.63, 3.8) is 0 Å². The number of fused-ring (bicyclic) bond motifs is 1. The van der Waals surface area contributed by atoms with E-state index in [1.807, 2.05) is 24.3 Å². The molecule has 1 aromatic rings. The highest BCUT2D eigenvalue weighted by Crippen LogP contribution is 2.52. The van der Waals surface area contributed by atoms with Crippen LogP contribution < -0.4 is 9.64 Å². The van der Waals surface area contributed by atoms with E-state index < -0.39 is 5.97 Å². The van der Waals surface area contributed by atoms with Gasteiger partial charge in [0.15, 0.2) is 0 Å². The first-order valence-electron chi connectivity index (χ1n) is 5.82. The third kappa shape index (κ3) is 1.64. The monoisotopic (exact) mass is 233 g/mol. The molecule has 1 aliphatic carbocycles. The minimum absolute atomic E-state index is 0.0931. The van der Waals surface area contributed by atoms with Gasteiger partial charge in [-0.3, -0.25) is 4.79 Å². The summed E-state index contributed by atoms with van der Waals surface area (Å²) in [7, 11) is 1.65. The van der Waals surface area contributed by atoms with Crippen molar-refractivity contribution in [3.05, 3.63) is 24.3 Å². The summed E-state index contributed by atoms with van der Waals surface area (Å²) in [5.41, 5.74) is 1.15. The molecule has 4 heteroatoms. The summed E-state index contributed by atoms with van der Waals surface area (Å²) in [4.78, 5) is 13.1. The van der Waals surface area contributed by atoms with Crippen molar-refractivity contribution in [1.29, 1.82) is 0 Å². The SMILES string of the molecule is COc1ccc(N2CC3C(C2)C3C(=O)O)cc1. The number of anilines is 1.